The first-order chi connectivity index (χ1) is 10.5. The Bertz CT molecular complexity index is 590. The highest BCUT2D eigenvalue weighted by molar-refractivity contribution is 9.10. The highest BCUT2D eigenvalue weighted by Gasteiger charge is 2.10. The van der Waals surface area contributed by atoms with Crippen LogP contribution in [0.4, 0.5) is 0 Å². The van der Waals surface area contributed by atoms with Crippen LogP contribution in [0.1, 0.15) is 19.4 Å². The van der Waals surface area contributed by atoms with E-state index in [2.05, 4.69) is 34.7 Å². The Kier molecular flexibility index (Phi) is 7.64. The molecule has 0 saturated carbocycles. The molecule has 0 bridgehead atoms. The number of carboxylic acid groups (broad SMARTS) is 1. The third-order valence-corrected chi connectivity index (χ3v) is 3.68. The van der Waals surface area contributed by atoms with Gasteiger partial charge in [-0.15, -0.1) is 0 Å². The van der Waals surface area contributed by atoms with E-state index >= 15 is 0 Å². The van der Waals surface area contributed by atoms with E-state index in [9.17, 15) is 4.79 Å². The zero-order valence-electron chi connectivity index (χ0n) is 12.7. The molecule has 0 amide bonds. The predicted molar refractivity (Wildman–Crippen MR) is 88.7 cm³/mol. The molecule has 0 atom stereocenters. The van der Waals surface area contributed by atoms with Crippen LogP contribution in [0.2, 0.25) is 0 Å². The summed E-state index contributed by atoms with van der Waals surface area (Å²) in [6.07, 6.45) is 1.32. The Morgan fingerprint density at radius 1 is 1.45 bits per heavy atom. The van der Waals surface area contributed by atoms with Gasteiger partial charge in [0.25, 0.3) is 0 Å². The number of aliphatic carboxylic acids is 1. The fourth-order valence-corrected chi connectivity index (χ4v) is 2.26. The molecule has 1 N–H and O–H groups in total. The number of benzene rings is 1. The Labute approximate surface area is 138 Å². The molecule has 1 aromatic rings. The van der Waals surface area contributed by atoms with E-state index in [1.807, 2.05) is 6.07 Å². The zero-order chi connectivity index (χ0) is 16.5. The molecule has 0 saturated heterocycles. The third-order valence-electron chi connectivity index (χ3n) is 3.18. The van der Waals surface area contributed by atoms with Crippen molar-refractivity contribution in [3.05, 3.63) is 33.8 Å². The van der Waals surface area contributed by atoms with Gasteiger partial charge in [0, 0.05) is 16.6 Å². The molecule has 5 nitrogen and oxygen atoms in total. The second kappa shape index (κ2) is 9.23. The van der Waals surface area contributed by atoms with Gasteiger partial charge in [0.05, 0.1) is 0 Å². The number of nitriles is 1. The van der Waals surface area contributed by atoms with Crippen molar-refractivity contribution >= 4 is 28.0 Å². The minimum absolute atomic E-state index is 0.327. The van der Waals surface area contributed by atoms with Crippen molar-refractivity contribution in [1.82, 2.24) is 4.90 Å². The smallest absolute Gasteiger partial charge is 0.346 e. The largest absolute Gasteiger partial charge is 0.492 e. The van der Waals surface area contributed by atoms with E-state index in [-0.39, 0.29) is 5.57 Å². The van der Waals surface area contributed by atoms with Crippen molar-refractivity contribution < 1.29 is 14.6 Å². The van der Waals surface area contributed by atoms with Gasteiger partial charge in [-0.2, -0.15) is 5.26 Å². The maximum absolute atomic E-state index is 11.0. The first kappa shape index (κ1) is 18.2. The molecule has 6 heteroatoms. The molecule has 0 aliphatic heterocycles. The summed E-state index contributed by atoms with van der Waals surface area (Å²) in [5.74, 6) is -0.694. The van der Waals surface area contributed by atoms with Crippen molar-refractivity contribution in [1.29, 1.82) is 5.26 Å². The predicted octanol–water partition coefficient (Wildman–Crippen LogP) is 3.16. The lowest BCUT2D eigenvalue weighted by atomic mass is 10.1. The van der Waals surface area contributed by atoms with Gasteiger partial charge < -0.3 is 14.7 Å². The van der Waals surface area contributed by atoms with Crippen LogP contribution in [0.3, 0.4) is 0 Å². The average molecular weight is 367 g/mol. The quantitative estimate of drug-likeness (QED) is 0.564. The molecule has 0 spiro atoms. The lowest BCUT2D eigenvalue weighted by Crippen LogP contribution is -2.28. The molecule has 0 aromatic heterocycles. The van der Waals surface area contributed by atoms with Crippen molar-refractivity contribution in [3.8, 4) is 11.8 Å². The summed E-state index contributed by atoms with van der Waals surface area (Å²) < 4.78 is 6.53. The number of carboxylic acids is 1. The second-order valence-electron chi connectivity index (χ2n) is 4.53. The molecule has 0 aliphatic carbocycles. The number of carbonyl (C=O) groups is 1. The number of ether oxygens (including phenoxy) is 1. The number of halogens is 1. The summed E-state index contributed by atoms with van der Waals surface area (Å²) in [6.45, 7) is 7.36. The number of hydrogen-bond donors (Lipinski definition) is 1. The summed E-state index contributed by atoms with van der Waals surface area (Å²) in [5, 5.41) is 17.8. The maximum Gasteiger partial charge on any atom is 0.346 e. The van der Waals surface area contributed by atoms with Gasteiger partial charge in [-0.05, 0) is 37.4 Å². The summed E-state index contributed by atoms with van der Waals surface area (Å²) in [5.41, 5.74) is 0.236. The monoisotopic (exact) mass is 366 g/mol. The van der Waals surface area contributed by atoms with Gasteiger partial charge in [0.1, 0.15) is 24.0 Å². The number of likely N-dealkylation sites (N-methyl/N-ethyl adjacent to an activating group) is 1. The van der Waals surface area contributed by atoms with Crippen LogP contribution in [-0.4, -0.2) is 42.2 Å². The van der Waals surface area contributed by atoms with Crippen LogP contribution in [0.25, 0.3) is 6.08 Å². The topological polar surface area (TPSA) is 73.6 Å². The Balaban J connectivity index is 2.92. The molecular weight excluding hydrogens is 348 g/mol. The second-order valence-corrected chi connectivity index (χ2v) is 5.45. The number of rotatable bonds is 8. The summed E-state index contributed by atoms with van der Waals surface area (Å²) in [4.78, 5) is 13.2. The highest BCUT2D eigenvalue weighted by Crippen LogP contribution is 2.25. The lowest BCUT2D eigenvalue weighted by molar-refractivity contribution is -0.132. The molecule has 1 aromatic carbocycles. The van der Waals surface area contributed by atoms with Crippen LogP contribution in [0.5, 0.6) is 5.75 Å². The molecule has 22 heavy (non-hydrogen) atoms. The van der Waals surface area contributed by atoms with Crippen molar-refractivity contribution in [3.63, 3.8) is 0 Å². The molecule has 0 unspecified atom stereocenters. The summed E-state index contributed by atoms with van der Waals surface area (Å²) in [6, 6.07) is 6.98. The molecule has 1 rings (SSSR count). The van der Waals surface area contributed by atoms with Crippen molar-refractivity contribution in [2.75, 3.05) is 26.2 Å². The van der Waals surface area contributed by atoms with Gasteiger partial charge in [-0.1, -0.05) is 29.8 Å². The third kappa shape index (κ3) is 5.51. The van der Waals surface area contributed by atoms with Gasteiger partial charge in [0.2, 0.25) is 0 Å². The standard InChI is InChI=1S/C16H19BrN2O3/c1-3-19(4-2)7-8-22-15-6-5-14(17)10-12(15)9-13(11-18)16(20)21/h5-6,9-10H,3-4,7-8H2,1-2H3,(H,20,21). The molecule has 0 heterocycles. The minimum Gasteiger partial charge on any atom is -0.492 e. The summed E-state index contributed by atoms with van der Waals surface area (Å²) in [7, 11) is 0. The minimum atomic E-state index is -1.25. The molecule has 0 aliphatic rings. The number of hydrogen-bond acceptors (Lipinski definition) is 4. The van der Waals surface area contributed by atoms with Gasteiger partial charge in [-0.3, -0.25) is 0 Å². The van der Waals surface area contributed by atoms with E-state index in [1.165, 1.54) is 6.08 Å². The van der Waals surface area contributed by atoms with Crippen LogP contribution >= 0.6 is 15.9 Å². The first-order valence-corrected chi connectivity index (χ1v) is 7.80. The van der Waals surface area contributed by atoms with Gasteiger partial charge in [0.15, 0.2) is 0 Å². The van der Waals surface area contributed by atoms with Crippen LogP contribution in [-0.2, 0) is 4.79 Å². The van der Waals surface area contributed by atoms with E-state index in [0.29, 0.717) is 17.9 Å². The van der Waals surface area contributed by atoms with E-state index in [4.69, 9.17) is 15.1 Å². The molecule has 0 radical (unpaired) electrons. The fourth-order valence-electron chi connectivity index (χ4n) is 1.89. The average Bonchev–Trinajstić information content (AvgIpc) is 2.50. The van der Waals surface area contributed by atoms with Gasteiger partial charge in [-0.25, -0.2) is 4.79 Å². The Hall–Kier alpha value is -1.84. The summed E-state index contributed by atoms with van der Waals surface area (Å²) >= 11 is 3.34. The van der Waals surface area contributed by atoms with E-state index in [1.54, 1.807) is 18.2 Å². The SMILES string of the molecule is CCN(CC)CCOc1ccc(Br)cc1C=C(C#N)C(=O)O. The fraction of sp³-hybridized carbons (Fsp3) is 0.375. The van der Waals surface area contributed by atoms with Crippen LogP contribution in [0.15, 0.2) is 28.2 Å². The Morgan fingerprint density at radius 2 is 2.14 bits per heavy atom. The first-order valence-electron chi connectivity index (χ1n) is 7.01. The maximum atomic E-state index is 11.0. The normalized spacial score (nSPS) is 11.3. The zero-order valence-corrected chi connectivity index (χ0v) is 14.3. The van der Waals surface area contributed by atoms with Crippen molar-refractivity contribution in [2.24, 2.45) is 0 Å². The highest BCUT2D eigenvalue weighted by atomic mass is 79.9. The molecule has 0 fully saturated rings. The number of nitrogens with zero attached hydrogens (tertiary/aromatic N) is 2. The lowest BCUT2D eigenvalue weighted by Gasteiger charge is -2.18. The molecule has 118 valence electrons. The van der Waals surface area contributed by atoms with Crippen LogP contribution in [0, 0.1) is 11.3 Å². The Morgan fingerprint density at radius 3 is 2.68 bits per heavy atom. The van der Waals surface area contributed by atoms with E-state index in [0.717, 1.165) is 24.1 Å². The molecular formula is C16H19BrN2O3. The van der Waals surface area contributed by atoms with Crippen LogP contribution < -0.4 is 4.74 Å². The van der Waals surface area contributed by atoms with Crippen molar-refractivity contribution in [2.45, 2.75) is 13.8 Å². The van der Waals surface area contributed by atoms with Gasteiger partial charge >= 0.3 is 5.97 Å². The van der Waals surface area contributed by atoms with E-state index < -0.39 is 5.97 Å².